The monoisotopic (exact) mass is 347 g/mol. The van der Waals surface area contributed by atoms with Crippen molar-refractivity contribution >= 4 is 17.4 Å². The zero-order valence-electron chi connectivity index (χ0n) is 14.6. The quantitative estimate of drug-likeness (QED) is 0.667. The third-order valence-corrected chi connectivity index (χ3v) is 3.78. The van der Waals surface area contributed by atoms with Crippen LogP contribution in [0.25, 0.3) is 0 Å². The second-order valence-corrected chi connectivity index (χ2v) is 5.65. The number of carbonyl (C=O) groups excluding carboxylic acids is 1. The predicted molar refractivity (Wildman–Crippen MR) is 104 cm³/mol. The average Bonchev–Trinajstić information content (AvgIpc) is 2.69. The number of hydrogen-bond donors (Lipinski definition) is 2. The first-order valence-corrected chi connectivity index (χ1v) is 8.53. The molecule has 3 aromatic rings. The SMILES string of the molecule is CCOc1ccc(NC(=O)c2cccnc2NCc2ccccc2)cc1. The van der Waals surface area contributed by atoms with Crippen molar-refractivity contribution in [3.8, 4) is 5.75 Å². The van der Waals surface area contributed by atoms with Crippen LogP contribution >= 0.6 is 0 Å². The first kappa shape index (κ1) is 17.5. The van der Waals surface area contributed by atoms with Crippen LogP contribution in [0, 0.1) is 0 Å². The number of nitrogens with one attached hydrogen (secondary N) is 2. The molecular weight excluding hydrogens is 326 g/mol. The lowest BCUT2D eigenvalue weighted by molar-refractivity contribution is 0.102. The van der Waals surface area contributed by atoms with E-state index in [1.807, 2.05) is 61.5 Å². The molecule has 0 aliphatic rings. The van der Waals surface area contributed by atoms with Gasteiger partial charge in [-0.2, -0.15) is 0 Å². The molecule has 5 nitrogen and oxygen atoms in total. The van der Waals surface area contributed by atoms with Gasteiger partial charge in [-0.3, -0.25) is 4.79 Å². The molecule has 3 rings (SSSR count). The summed E-state index contributed by atoms with van der Waals surface area (Å²) in [5.41, 5.74) is 2.32. The van der Waals surface area contributed by atoms with E-state index >= 15 is 0 Å². The normalized spacial score (nSPS) is 10.2. The Bertz CT molecular complexity index is 849. The second kappa shape index (κ2) is 8.67. The number of nitrogens with zero attached hydrogens (tertiary/aromatic N) is 1. The highest BCUT2D eigenvalue weighted by Crippen LogP contribution is 2.19. The average molecular weight is 347 g/mol. The van der Waals surface area contributed by atoms with Crippen LogP contribution in [0.15, 0.2) is 72.9 Å². The highest BCUT2D eigenvalue weighted by Gasteiger charge is 2.12. The molecule has 0 saturated carbocycles. The van der Waals surface area contributed by atoms with E-state index in [4.69, 9.17) is 4.74 Å². The van der Waals surface area contributed by atoms with Crippen molar-refractivity contribution in [2.45, 2.75) is 13.5 Å². The van der Waals surface area contributed by atoms with E-state index in [1.54, 1.807) is 18.3 Å². The van der Waals surface area contributed by atoms with Gasteiger partial charge in [0.1, 0.15) is 11.6 Å². The van der Waals surface area contributed by atoms with E-state index in [0.717, 1.165) is 11.3 Å². The van der Waals surface area contributed by atoms with Gasteiger partial charge in [-0.05, 0) is 48.9 Å². The fourth-order valence-electron chi connectivity index (χ4n) is 2.51. The first-order valence-electron chi connectivity index (χ1n) is 8.53. The standard InChI is InChI=1S/C21H21N3O2/c1-2-26-18-12-10-17(11-13-18)24-21(25)19-9-6-14-22-20(19)23-15-16-7-4-3-5-8-16/h3-14H,2,15H2,1H3,(H,22,23)(H,24,25). The third-order valence-electron chi connectivity index (χ3n) is 3.78. The molecule has 0 unspecified atom stereocenters. The van der Waals surface area contributed by atoms with Crippen LogP contribution in [0.2, 0.25) is 0 Å². The van der Waals surface area contributed by atoms with E-state index in [1.165, 1.54) is 0 Å². The molecule has 132 valence electrons. The Morgan fingerprint density at radius 1 is 1.00 bits per heavy atom. The summed E-state index contributed by atoms with van der Waals surface area (Å²) in [6.45, 7) is 3.14. The Morgan fingerprint density at radius 2 is 1.77 bits per heavy atom. The minimum Gasteiger partial charge on any atom is -0.494 e. The lowest BCUT2D eigenvalue weighted by Gasteiger charge is -2.12. The topological polar surface area (TPSA) is 63.2 Å². The molecule has 0 bridgehead atoms. The van der Waals surface area contributed by atoms with E-state index in [0.29, 0.717) is 30.2 Å². The van der Waals surface area contributed by atoms with Crippen LogP contribution in [0.4, 0.5) is 11.5 Å². The minimum absolute atomic E-state index is 0.210. The molecule has 1 amide bonds. The molecule has 26 heavy (non-hydrogen) atoms. The molecule has 1 aromatic heterocycles. The van der Waals surface area contributed by atoms with Crippen molar-refractivity contribution in [3.63, 3.8) is 0 Å². The van der Waals surface area contributed by atoms with Gasteiger partial charge in [0, 0.05) is 18.4 Å². The molecule has 0 atom stereocenters. The summed E-state index contributed by atoms with van der Waals surface area (Å²) in [6.07, 6.45) is 1.67. The molecule has 0 spiro atoms. The van der Waals surface area contributed by atoms with Crippen LogP contribution in [-0.2, 0) is 6.54 Å². The number of hydrogen-bond acceptors (Lipinski definition) is 4. The Hall–Kier alpha value is -3.34. The summed E-state index contributed by atoms with van der Waals surface area (Å²) in [5, 5.41) is 6.12. The Morgan fingerprint density at radius 3 is 2.50 bits per heavy atom. The molecule has 0 saturated heterocycles. The van der Waals surface area contributed by atoms with Crippen molar-refractivity contribution in [2.24, 2.45) is 0 Å². The smallest absolute Gasteiger partial charge is 0.259 e. The minimum atomic E-state index is -0.210. The highest BCUT2D eigenvalue weighted by molar-refractivity contribution is 6.07. The van der Waals surface area contributed by atoms with Gasteiger partial charge in [0.2, 0.25) is 0 Å². The van der Waals surface area contributed by atoms with Crippen LogP contribution in [0.1, 0.15) is 22.8 Å². The third kappa shape index (κ3) is 4.60. The summed E-state index contributed by atoms with van der Waals surface area (Å²) in [7, 11) is 0. The molecule has 2 aromatic carbocycles. The Balaban J connectivity index is 1.69. The number of amides is 1. The van der Waals surface area contributed by atoms with Crippen LogP contribution in [0.5, 0.6) is 5.75 Å². The number of aromatic nitrogens is 1. The summed E-state index contributed by atoms with van der Waals surface area (Å²) in [4.78, 5) is 16.9. The van der Waals surface area contributed by atoms with Crippen molar-refractivity contribution in [2.75, 3.05) is 17.2 Å². The van der Waals surface area contributed by atoms with Crippen molar-refractivity contribution in [1.82, 2.24) is 4.98 Å². The van der Waals surface area contributed by atoms with Gasteiger partial charge in [0.25, 0.3) is 5.91 Å². The molecule has 0 aliphatic carbocycles. The van der Waals surface area contributed by atoms with Gasteiger partial charge < -0.3 is 15.4 Å². The van der Waals surface area contributed by atoms with Gasteiger partial charge in [-0.15, -0.1) is 0 Å². The van der Waals surface area contributed by atoms with Gasteiger partial charge in [0.05, 0.1) is 12.2 Å². The van der Waals surface area contributed by atoms with Crippen LogP contribution in [-0.4, -0.2) is 17.5 Å². The van der Waals surface area contributed by atoms with Gasteiger partial charge in [-0.1, -0.05) is 30.3 Å². The largest absolute Gasteiger partial charge is 0.494 e. The van der Waals surface area contributed by atoms with Gasteiger partial charge in [0.15, 0.2) is 0 Å². The van der Waals surface area contributed by atoms with Gasteiger partial charge >= 0.3 is 0 Å². The number of rotatable bonds is 7. The van der Waals surface area contributed by atoms with Crippen molar-refractivity contribution < 1.29 is 9.53 Å². The van der Waals surface area contributed by atoms with E-state index in [2.05, 4.69) is 15.6 Å². The van der Waals surface area contributed by atoms with E-state index in [9.17, 15) is 4.79 Å². The maximum absolute atomic E-state index is 12.6. The molecule has 1 heterocycles. The molecule has 2 N–H and O–H groups in total. The number of ether oxygens (including phenoxy) is 1. The van der Waals surface area contributed by atoms with Gasteiger partial charge in [-0.25, -0.2) is 4.98 Å². The zero-order valence-corrected chi connectivity index (χ0v) is 14.6. The molecular formula is C21H21N3O2. The predicted octanol–water partition coefficient (Wildman–Crippen LogP) is 4.34. The Kier molecular flexibility index (Phi) is 5.83. The Labute approximate surface area is 153 Å². The van der Waals surface area contributed by atoms with E-state index < -0.39 is 0 Å². The molecule has 0 radical (unpaired) electrons. The maximum atomic E-state index is 12.6. The first-order chi connectivity index (χ1) is 12.8. The number of pyridine rings is 1. The summed E-state index contributed by atoms with van der Waals surface area (Å²) in [5.74, 6) is 1.12. The van der Waals surface area contributed by atoms with Crippen molar-refractivity contribution in [1.29, 1.82) is 0 Å². The fraction of sp³-hybridized carbons (Fsp3) is 0.143. The lowest BCUT2D eigenvalue weighted by Crippen LogP contribution is -2.15. The van der Waals surface area contributed by atoms with Crippen LogP contribution < -0.4 is 15.4 Å². The summed E-state index contributed by atoms with van der Waals surface area (Å²) >= 11 is 0. The highest BCUT2D eigenvalue weighted by atomic mass is 16.5. The molecule has 0 aliphatic heterocycles. The lowest BCUT2D eigenvalue weighted by atomic mass is 10.2. The number of carbonyl (C=O) groups is 1. The second-order valence-electron chi connectivity index (χ2n) is 5.65. The molecule has 5 heteroatoms. The zero-order chi connectivity index (χ0) is 18.2. The maximum Gasteiger partial charge on any atom is 0.259 e. The van der Waals surface area contributed by atoms with E-state index in [-0.39, 0.29) is 5.91 Å². The van der Waals surface area contributed by atoms with Crippen LogP contribution in [0.3, 0.4) is 0 Å². The molecule has 0 fully saturated rings. The summed E-state index contributed by atoms with van der Waals surface area (Å²) in [6, 6.07) is 20.8. The fourth-order valence-corrected chi connectivity index (χ4v) is 2.51. The number of anilines is 2. The number of benzene rings is 2. The summed E-state index contributed by atoms with van der Waals surface area (Å²) < 4.78 is 5.41. The van der Waals surface area contributed by atoms with Crippen molar-refractivity contribution in [3.05, 3.63) is 84.1 Å².